The number of hydrogen-bond acceptors (Lipinski definition) is 3. The second-order valence-electron chi connectivity index (χ2n) is 5.57. The van der Waals surface area contributed by atoms with Crippen LogP contribution in [0, 0.1) is 0 Å². The van der Waals surface area contributed by atoms with E-state index in [4.69, 9.17) is 0 Å². The Morgan fingerprint density at radius 3 is 2.95 bits per heavy atom. The zero-order chi connectivity index (χ0) is 13.4. The van der Waals surface area contributed by atoms with Crippen LogP contribution in [0.2, 0.25) is 0 Å². The van der Waals surface area contributed by atoms with Crippen molar-refractivity contribution in [3.8, 4) is 11.5 Å². The molecule has 0 saturated heterocycles. The predicted octanol–water partition coefficient (Wildman–Crippen LogP) is 2.61. The lowest BCUT2D eigenvalue weighted by Gasteiger charge is -2.40. The number of phenolic OH excluding ortho intramolecular Hbond substituents is 2. The highest BCUT2D eigenvalue weighted by Crippen LogP contribution is 2.39. The van der Waals surface area contributed by atoms with Crippen LogP contribution in [-0.2, 0) is 12.8 Å². The lowest BCUT2D eigenvalue weighted by atomic mass is 9.81. The van der Waals surface area contributed by atoms with Crippen molar-refractivity contribution < 1.29 is 10.2 Å². The van der Waals surface area contributed by atoms with Gasteiger partial charge in [-0.15, -0.1) is 0 Å². The first-order valence-electron chi connectivity index (χ1n) is 7.16. The van der Waals surface area contributed by atoms with Crippen LogP contribution in [0.25, 0.3) is 0 Å². The molecule has 3 rings (SSSR count). The first-order chi connectivity index (χ1) is 9.20. The predicted molar refractivity (Wildman–Crippen MR) is 75.5 cm³/mol. The maximum atomic E-state index is 10.0. The molecule has 0 amide bonds. The summed E-state index contributed by atoms with van der Waals surface area (Å²) in [6.45, 7) is 4.50. The van der Waals surface area contributed by atoms with E-state index in [2.05, 4.69) is 17.9 Å². The van der Waals surface area contributed by atoms with E-state index in [1.165, 1.54) is 17.6 Å². The zero-order valence-corrected chi connectivity index (χ0v) is 11.4. The molecule has 1 atom stereocenters. The van der Waals surface area contributed by atoms with Crippen LogP contribution in [0.15, 0.2) is 23.8 Å². The smallest absolute Gasteiger partial charge is 0.161 e. The van der Waals surface area contributed by atoms with Crippen molar-refractivity contribution in [2.45, 2.75) is 38.6 Å². The Bertz CT molecular complexity index is 522. The van der Waals surface area contributed by atoms with Crippen molar-refractivity contribution in [1.29, 1.82) is 0 Å². The zero-order valence-electron chi connectivity index (χ0n) is 11.4. The highest BCUT2D eigenvalue weighted by molar-refractivity contribution is 5.53. The largest absolute Gasteiger partial charge is 0.504 e. The molecule has 2 N–H and O–H groups in total. The molecule has 19 heavy (non-hydrogen) atoms. The Kier molecular flexibility index (Phi) is 3.23. The molecule has 102 valence electrons. The molecule has 0 saturated carbocycles. The molecule has 0 spiro atoms. The molecule has 1 unspecified atom stereocenters. The summed E-state index contributed by atoms with van der Waals surface area (Å²) in [5.41, 5.74) is 3.51. The van der Waals surface area contributed by atoms with Gasteiger partial charge >= 0.3 is 0 Å². The third-order valence-corrected chi connectivity index (χ3v) is 4.36. The van der Waals surface area contributed by atoms with E-state index in [1.54, 1.807) is 6.07 Å². The molecule has 0 aromatic heterocycles. The van der Waals surface area contributed by atoms with Gasteiger partial charge in [-0.1, -0.05) is 24.6 Å². The Hall–Kier alpha value is -1.48. The molecule has 0 bridgehead atoms. The average molecular weight is 259 g/mol. The third-order valence-electron chi connectivity index (χ3n) is 4.36. The summed E-state index contributed by atoms with van der Waals surface area (Å²) in [5.74, 6) is 0.0727. The van der Waals surface area contributed by atoms with Crippen LogP contribution >= 0.6 is 0 Å². The summed E-state index contributed by atoms with van der Waals surface area (Å²) < 4.78 is 0. The minimum Gasteiger partial charge on any atom is -0.504 e. The number of nitrogens with zero attached hydrogens (tertiary/aromatic N) is 1. The fourth-order valence-corrected chi connectivity index (χ4v) is 3.41. The van der Waals surface area contributed by atoms with Gasteiger partial charge in [0.2, 0.25) is 0 Å². The van der Waals surface area contributed by atoms with Gasteiger partial charge in [-0.2, -0.15) is 0 Å². The van der Waals surface area contributed by atoms with Gasteiger partial charge in [-0.3, -0.25) is 4.90 Å². The second kappa shape index (κ2) is 4.89. The molecule has 1 aliphatic heterocycles. The van der Waals surface area contributed by atoms with Gasteiger partial charge in [0, 0.05) is 18.2 Å². The summed E-state index contributed by atoms with van der Waals surface area (Å²) >= 11 is 0. The van der Waals surface area contributed by atoms with Crippen molar-refractivity contribution in [3.63, 3.8) is 0 Å². The topological polar surface area (TPSA) is 43.7 Å². The summed E-state index contributed by atoms with van der Waals surface area (Å²) in [6.07, 6.45) is 6.33. The number of phenols is 2. The van der Waals surface area contributed by atoms with Crippen molar-refractivity contribution in [3.05, 3.63) is 34.9 Å². The lowest BCUT2D eigenvalue weighted by molar-refractivity contribution is 0.205. The molecule has 3 nitrogen and oxygen atoms in total. The van der Waals surface area contributed by atoms with Crippen LogP contribution in [0.5, 0.6) is 11.5 Å². The van der Waals surface area contributed by atoms with Gasteiger partial charge in [0.25, 0.3) is 0 Å². The van der Waals surface area contributed by atoms with Crippen LogP contribution < -0.4 is 0 Å². The van der Waals surface area contributed by atoms with Crippen molar-refractivity contribution >= 4 is 0 Å². The highest BCUT2D eigenvalue weighted by atomic mass is 16.3. The van der Waals surface area contributed by atoms with Crippen molar-refractivity contribution in [2.24, 2.45) is 0 Å². The van der Waals surface area contributed by atoms with E-state index in [0.717, 1.165) is 37.9 Å². The summed E-state index contributed by atoms with van der Waals surface area (Å²) in [7, 11) is 0. The Morgan fingerprint density at radius 1 is 1.32 bits per heavy atom. The van der Waals surface area contributed by atoms with Crippen LogP contribution in [0.4, 0.5) is 0 Å². The molecular weight excluding hydrogens is 238 g/mol. The van der Waals surface area contributed by atoms with Gasteiger partial charge in [-0.05, 0) is 43.9 Å². The average Bonchev–Trinajstić information content (AvgIpc) is 2.42. The molecule has 0 fully saturated rings. The van der Waals surface area contributed by atoms with Gasteiger partial charge in [0.1, 0.15) is 0 Å². The first kappa shape index (κ1) is 12.5. The minimum atomic E-state index is -0.000904. The van der Waals surface area contributed by atoms with Crippen LogP contribution in [-0.4, -0.2) is 34.2 Å². The maximum Gasteiger partial charge on any atom is 0.161 e. The van der Waals surface area contributed by atoms with Crippen molar-refractivity contribution in [2.75, 3.05) is 13.1 Å². The molecule has 0 radical (unpaired) electrons. The molecular formula is C16H21NO2. The fourth-order valence-electron chi connectivity index (χ4n) is 3.41. The van der Waals surface area contributed by atoms with E-state index < -0.39 is 0 Å². The van der Waals surface area contributed by atoms with Gasteiger partial charge in [-0.25, -0.2) is 0 Å². The number of aromatic hydroxyl groups is 2. The van der Waals surface area contributed by atoms with Crippen LogP contribution in [0.3, 0.4) is 0 Å². The molecule has 2 aliphatic rings. The third kappa shape index (κ3) is 2.12. The number of hydrogen-bond donors (Lipinski definition) is 2. The monoisotopic (exact) mass is 259 g/mol. The number of fused-ring (bicyclic) bond motifs is 2. The normalized spacial score (nSPS) is 22.6. The molecule has 1 aromatic rings. The van der Waals surface area contributed by atoms with Gasteiger partial charge < -0.3 is 10.2 Å². The van der Waals surface area contributed by atoms with Gasteiger partial charge in [0.15, 0.2) is 11.5 Å². The molecule has 1 aromatic carbocycles. The molecule has 1 heterocycles. The van der Waals surface area contributed by atoms with E-state index >= 15 is 0 Å². The Morgan fingerprint density at radius 2 is 2.16 bits per heavy atom. The molecule has 1 aliphatic carbocycles. The maximum absolute atomic E-state index is 10.0. The lowest BCUT2D eigenvalue weighted by Crippen LogP contribution is -2.44. The Labute approximate surface area is 114 Å². The minimum absolute atomic E-state index is 0.000904. The first-order valence-corrected chi connectivity index (χ1v) is 7.16. The van der Waals surface area contributed by atoms with E-state index in [9.17, 15) is 10.2 Å². The van der Waals surface area contributed by atoms with Gasteiger partial charge in [0.05, 0.1) is 0 Å². The van der Waals surface area contributed by atoms with E-state index in [0.29, 0.717) is 6.04 Å². The second-order valence-corrected chi connectivity index (χ2v) is 5.57. The Balaban J connectivity index is 1.96. The summed E-state index contributed by atoms with van der Waals surface area (Å²) in [4.78, 5) is 2.56. The quantitative estimate of drug-likeness (QED) is 0.634. The van der Waals surface area contributed by atoms with Crippen molar-refractivity contribution in [1.82, 2.24) is 4.90 Å². The standard InChI is InChI=1S/C16H21NO2/c1-2-7-17-8-3-4-12-9-13-11(10-14(12)17)5-6-15(18)16(13)19/h4-6,14,18-19H,2-3,7-10H2,1H3. The number of rotatable bonds is 2. The highest BCUT2D eigenvalue weighted by Gasteiger charge is 2.31. The van der Waals surface area contributed by atoms with E-state index in [-0.39, 0.29) is 11.5 Å². The SMILES string of the molecule is CCCN1CCC=C2Cc3c(ccc(O)c3O)CC21. The molecule has 3 heteroatoms. The summed E-state index contributed by atoms with van der Waals surface area (Å²) in [5, 5.41) is 19.6. The number of benzene rings is 1. The van der Waals surface area contributed by atoms with E-state index in [1.807, 2.05) is 6.07 Å². The summed E-state index contributed by atoms with van der Waals surface area (Å²) in [6, 6.07) is 4.06. The fraction of sp³-hybridized carbons (Fsp3) is 0.500. The van der Waals surface area contributed by atoms with Crippen LogP contribution in [0.1, 0.15) is 30.9 Å².